The molecule has 0 aromatic carbocycles. The van der Waals surface area contributed by atoms with Crippen LogP contribution < -0.4 is 0 Å². The number of aliphatic imine (C=N–C) groups is 2. The number of carbonyl (C=O) groups is 2. The second-order valence-corrected chi connectivity index (χ2v) is 4.39. The van der Waals surface area contributed by atoms with Crippen molar-refractivity contribution in [3.63, 3.8) is 0 Å². The molecule has 138 valence electrons. The summed E-state index contributed by atoms with van der Waals surface area (Å²) in [5, 5.41) is 0. The Kier molecular flexibility index (Phi) is 17.1. The Labute approximate surface area is 146 Å². The number of esters is 2. The first-order chi connectivity index (χ1) is 11.9. The van der Waals surface area contributed by atoms with Crippen molar-refractivity contribution in [1.29, 1.82) is 0 Å². The Bertz CT molecular complexity index is 545. The van der Waals surface area contributed by atoms with Crippen LogP contribution in [0.3, 0.4) is 0 Å². The summed E-state index contributed by atoms with van der Waals surface area (Å²) in [6.07, 6.45) is 2.72. The van der Waals surface area contributed by atoms with E-state index in [1.54, 1.807) is 13.8 Å². The second-order valence-electron chi connectivity index (χ2n) is 4.39. The first-order valence-corrected chi connectivity index (χ1v) is 7.17. The van der Waals surface area contributed by atoms with Crippen LogP contribution in [-0.4, -0.2) is 63.6 Å². The summed E-state index contributed by atoms with van der Waals surface area (Å²) in [5.41, 5.74) is 0.690. The summed E-state index contributed by atoms with van der Waals surface area (Å²) < 4.78 is 14.3. The molecule has 0 atom stereocenters. The molecule has 9 nitrogen and oxygen atoms in total. The Morgan fingerprint density at radius 3 is 1.68 bits per heavy atom. The van der Waals surface area contributed by atoms with E-state index >= 15 is 0 Å². The molecule has 0 aromatic heterocycles. The third kappa shape index (κ3) is 19.1. The largest absolute Gasteiger partial charge is 0.460 e. The molecule has 0 aliphatic carbocycles. The highest BCUT2D eigenvalue weighted by molar-refractivity contribution is 5.87. The van der Waals surface area contributed by atoms with E-state index < -0.39 is 11.9 Å². The van der Waals surface area contributed by atoms with Crippen LogP contribution in [0.25, 0.3) is 0 Å². The number of isocyanates is 2. The third-order valence-corrected chi connectivity index (χ3v) is 2.07. The predicted molar refractivity (Wildman–Crippen MR) is 88.3 cm³/mol. The zero-order valence-electron chi connectivity index (χ0n) is 14.4. The van der Waals surface area contributed by atoms with Crippen molar-refractivity contribution < 1.29 is 33.4 Å². The molecule has 0 spiro atoms. The summed E-state index contributed by atoms with van der Waals surface area (Å²) in [6, 6.07) is 0. The van der Waals surface area contributed by atoms with Crippen LogP contribution in [0.4, 0.5) is 0 Å². The summed E-state index contributed by atoms with van der Waals surface area (Å²) in [4.78, 5) is 47.1. The first-order valence-electron chi connectivity index (χ1n) is 7.17. The molecule has 0 saturated heterocycles. The lowest BCUT2D eigenvalue weighted by Crippen LogP contribution is -2.11. The summed E-state index contributed by atoms with van der Waals surface area (Å²) in [7, 11) is 0. The minimum atomic E-state index is -0.467. The highest BCUT2D eigenvalue weighted by Gasteiger charge is 2.01. The fourth-order valence-corrected chi connectivity index (χ4v) is 0.927. The zero-order chi connectivity index (χ0) is 19.5. The third-order valence-electron chi connectivity index (χ3n) is 2.07. The van der Waals surface area contributed by atoms with Gasteiger partial charge in [-0.3, -0.25) is 0 Å². The van der Waals surface area contributed by atoms with Gasteiger partial charge in [0.1, 0.15) is 13.2 Å². The first kappa shape index (κ1) is 24.4. The van der Waals surface area contributed by atoms with Crippen molar-refractivity contribution in [2.24, 2.45) is 9.98 Å². The van der Waals surface area contributed by atoms with E-state index in [-0.39, 0.29) is 32.9 Å². The fourth-order valence-electron chi connectivity index (χ4n) is 0.927. The van der Waals surface area contributed by atoms with Gasteiger partial charge in [0.05, 0.1) is 26.3 Å². The molecule has 0 aromatic rings. The lowest BCUT2D eigenvalue weighted by Gasteiger charge is -2.03. The number of carbonyl (C=O) groups excluding carboxylic acids is 4. The quantitative estimate of drug-likeness (QED) is 0.178. The van der Waals surface area contributed by atoms with Crippen molar-refractivity contribution in [3.05, 3.63) is 24.3 Å². The normalized spacial score (nSPS) is 8.56. The number of nitrogens with zero attached hydrogens (tertiary/aromatic N) is 2. The highest BCUT2D eigenvalue weighted by Crippen LogP contribution is 1.91. The van der Waals surface area contributed by atoms with Crippen LogP contribution in [0.2, 0.25) is 0 Å². The molecule has 0 heterocycles. The van der Waals surface area contributed by atoms with Crippen LogP contribution in [0, 0.1) is 0 Å². The lowest BCUT2D eigenvalue weighted by molar-refractivity contribution is -0.140. The molecule has 0 aliphatic rings. The van der Waals surface area contributed by atoms with E-state index in [0.29, 0.717) is 17.8 Å². The van der Waals surface area contributed by atoms with E-state index in [1.165, 1.54) is 12.2 Å². The summed E-state index contributed by atoms with van der Waals surface area (Å²) in [5.74, 6) is -0.898. The Morgan fingerprint density at radius 2 is 1.24 bits per heavy atom. The maximum Gasteiger partial charge on any atom is 0.333 e. The topological polar surface area (TPSA) is 121 Å². The molecular weight excluding hydrogens is 332 g/mol. The minimum Gasteiger partial charge on any atom is -0.460 e. The van der Waals surface area contributed by atoms with E-state index in [2.05, 4.69) is 27.9 Å². The molecule has 0 fully saturated rings. The lowest BCUT2D eigenvalue weighted by atomic mass is 10.4. The average Bonchev–Trinajstić information content (AvgIpc) is 2.57. The molecule has 9 heteroatoms. The minimum absolute atomic E-state index is 0.0981. The van der Waals surface area contributed by atoms with Crippen LogP contribution in [0.1, 0.15) is 13.8 Å². The van der Waals surface area contributed by atoms with Gasteiger partial charge in [-0.05, 0) is 13.8 Å². The molecule has 0 unspecified atom stereocenters. The van der Waals surface area contributed by atoms with E-state index in [4.69, 9.17) is 9.47 Å². The second kappa shape index (κ2) is 17.5. The molecular formula is C16H22N2O7. The number of hydrogen-bond donors (Lipinski definition) is 0. The highest BCUT2D eigenvalue weighted by atomic mass is 16.6. The molecule has 0 radical (unpaired) electrons. The van der Waals surface area contributed by atoms with Gasteiger partial charge >= 0.3 is 11.9 Å². The van der Waals surface area contributed by atoms with Gasteiger partial charge in [-0.2, -0.15) is 0 Å². The Hall–Kier alpha value is -2.86. The molecule has 0 amide bonds. The van der Waals surface area contributed by atoms with Crippen LogP contribution in [0.15, 0.2) is 34.3 Å². The van der Waals surface area contributed by atoms with Gasteiger partial charge in [0, 0.05) is 11.1 Å². The maximum absolute atomic E-state index is 10.8. The van der Waals surface area contributed by atoms with Gasteiger partial charge in [0.15, 0.2) is 0 Å². The van der Waals surface area contributed by atoms with Gasteiger partial charge in [0.25, 0.3) is 0 Å². The van der Waals surface area contributed by atoms with Gasteiger partial charge in [0.2, 0.25) is 12.2 Å². The molecule has 0 aliphatic heterocycles. The van der Waals surface area contributed by atoms with E-state index in [1.807, 2.05) is 0 Å². The van der Waals surface area contributed by atoms with Crippen molar-refractivity contribution in [2.45, 2.75) is 13.8 Å². The average molecular weight is 354 g/mol. The number of rotatable bonds is 11. The van der Waals surface area contributed by atoms with Crippen LogP contribution >= 0.6 is 0 Å². The number of hydrogen-bond acceptors (Lipinski definition) is 9. The van der Waals surface area contributed by atoms with E-state index in [9.17, 15) is 19.2 Å². The predicted octanol–water partition coefficient (Wildman–Crippen LogP) is 0.900. The van der Waals surface area contributed by atoms with E-state index in [0.717, 1.165) is 0 Å². The Balaban J connectivity index is 0. The van der Waals surface area contributed by atoms with Gasteiger partial charge in [-0.25, -0.2) is 29.2 Å². The standard InChI is InChI=1S/C9H13NO4.C7H9NO3/c1-8(2)9(12)14-6-5-13-4-3-10-7-11;1-6(2)7(10)11-4-3-8-5-9/h1,3-6H2,2H3;1,3-4H2,2H3. The fraction of sp³-hybridized carbons (Fsp3) is 0.500. The molecule has 0 rings (SSSR count). The summed E-state index contributed by atoms with van der Waals surface area (Å²) >= 11 is 0. The smallest absolute Gasteiger partial charge is 0.333 e. The van der Waals surface area contributed by atoms with Crippen molar-refractivity contribution >= 4 is 24.1 Å². The number of ether oxygens (including phenoxy) is 3. The van der Waals surface area contributed by atoms with Crippen molar-refractivity contribution in [1.82, 2.24) is 0 Å². The maximum atomic E-state index is 10.8. The van der Waals surface area contributed by atoms with Gasteiger partial charge in [-0.15, -0.1) is 0 Å². The Morgan fingerprint density at radius 1 is 0.800 bits per heavy atom. The van der Waals surface area contributed by atoms with Crippen LogP contribution in [0.5, 0.6) is 0 Å². The van der Waals surface area contributed by atoms with Crippen molar-refractivity contribution in [2.75, 3.05) is 39.5 Å². The molecule has 25 heavy (non-hydrogen) atoms. The van der Waals surface area contributed by atoms with Gasteiger partial charge < -0.3 is 14.2 Å². The SMILES string of the molecule is C=C(C)C(=O)OCCN=C=O.C=C(C)C(=O)OCCOCCN=C=O. The van der Waals surface area contributed by atoms with Gasteiger partial charge in [-0.1, -0.05) is 13.2 Å². The van der Waals surface area contributed by atoms with Crippen molar-refractivity contribution in [3.8, 4) is 0 Å². The molecule has 0 bridgehead atoms. The molecule has 0 N–H and O–H groups in total. The molecule has 0 saturated carbocycles. The van der Waals surface area contributed by atoms with Crippen LogP contribution in [-0.2, 0) is 33.4 Å². The monoisotopic (exact) mass is 354 g/mol. The zero-order valence-corrected chi connectivity index (χ0v) is 14.4. The summed E-state index contributed by atoms with van der Waals surface area (Å²) in [6.45, 7) is 11.2.